The van der Waals surface area contributed by atoms with Gasteiger partial charge in [-0.1, -0.05) is 0 Å². The van der Waals surface area contributed by atoms with Crippen molar-refractivity contribution in [1.82, 2.24) is 14.8 Å². The van der Waals surface area contributed by atoms with Crippen molar-refractivity contribution < 1.29 is 9.53 Å². The zero-order valence-corrected chi connectivity index (χ0v) is 15.6. The fraction of sp³-hybridized carbons (Fsp3) is 0.684. The normalized spacial score (nSPS) is 24.4. The van der Waals surface area contributed by atoms with Crippen LogP contribution in [0.4, 0.5) is 0 Å². The maximum atomic E-state index is 13.0. The van der Waals surface area contributed by atoms with E-state index >= 15 is 0 Å². The maximum Gasteiger partial charge on any atom is 0.230 e. The second-order valence-electron chi connectivity index (χ2n) is 7.53. The zero-order valence-electron chi connectivity index (χ0n) is 15.6. The number of aryl methyl sites for hydroxylation is 1. The molecule has 138 valence electrons. The lowest BCUT2D eigenvalue weighted by Crippen LogP contribution is -2.50. The first-order valence-corrected chi connectivity index (χ1v) is 9.15. The first kappa shape index (κ1) is 18.1. The molecule has 2 saturated heterocycles. The molecule has 1 amide bonds. The Bertz CT molecular complexity index is 700. The number of ether oxygens (including phenoxy) is 1. The smallest absolute Gasteiger partial charge is 0.230 e. The second-order valence-corrected chi connectivity index (χ2v) is 7.53. The third-order valence-electron chi connectivity index (χ3n) is 5.82. The standard InChI is InChI=1S/C19H29N3O3/c1-14-11-20-16(15(2)17(14)23)12-21-8-6-19(13-21)5-4-7-22(18(19)24)9-10-25-3/h11H,4-10,12-13H2,1-3H3,(H,20,23)/t19-/m1/s1. The number of hydrogen-bond acceptors (Lipinski definition) is 4. The number of carbonyl (C=O) groups is 1. The summed E-state index contributed by atoms with van der Waals surface area (Å²) >= 11 is 0. The van der Waals surface area contributed by atoms with Crippen molar-refractivity contribution in [3.8, 4) is 0 Å². The predicted octanol–water partition coefficient (Wildman–Crippen LogP) is 1.45. The molecule has 3 rings (SSSR count). The number of aromatic amines is 1. The van der Waals surface area contributed by atoms with Crippen LogP contribution in [-0.2, 0) is 16.1 Å². The van der Waals surface area contributed by atoms with Gasteiger partial charge in [-0.3, -0.25) is 14.5 Å². The molecule has 1 N–H and O–H groups in total. The van der Waals surface area contributed by atoms with E-state index in [4.69, 9.17) is 4.74 Å². The summed E-state index contributed by atoms with van der Waals surface area (Å²) < 4.78 is 5.14. The Morgan fingerprint density at radius 1 is 1.24 bits per heavy atom. The molecule has 1 aromatic heterocycles. The minimum atomic E-state index is -0.245. The Hall–Kier alpha value is -1.66. The summed E-state index contributed by atoms with van der Waals surface area (Å²) in [6, 6.07) is 0. The average Bonchev–Trinajstić information content (AvgIpc) is 3.01. The molecule has 1 atom stereocenters. The summed E-state index contributed by atoms with van der Waals surface area (Å²) in [5.41, 5.74) is 2.37. The van der Waals surface area contributed by atoms with Gasteiger partial charge in [-0.15, -0.1) is 0 Å². The van der Waals surface area contributed by atoms with E-state index in [0.717, 1.165) is 55.7 Å². The van der Waals surface area contributed by atoms with Gasteiger partial charge in [0, 0.05) is 56.3 Å². The van der Waals surface area contributed by atoms with E-state index in [1.54, 1.807) is 13.3 Å². The molecule has 2 aliphatic heterocycles. The summed E-state index contributed by atoms with van der Waals surface area (Å²) in [6.07, 6.45) is 4.72. The lowest BCUT2D eigenvalue weighted by Gasteiger charge is -2.39. The number of nitrogens with zero attached hydrogens (tertiary/aromatic N) is 2. The molecule has 0 aromatic carbocycles. The number of H-pyrrole nitrogens is 1. The van der Waals surface area contributed by atoms with Crippen LogP contribution in [0.5, 0.6) is 0 Å². The Labute approximate surface area is 149 Å². The molecule has 6 nitrogen and oxygen atoms in total. The van der Waals surface area contributed by atoms with Gasteiger partial charge < -0.3 is 14.6 Å². The number of carbonyl (C=O) groups excluding carboxylic acids is 1. The zero-order chi connectivity index (χ0) is 18.0. The van der Waals surface area contributed by atoms with Crippen molar-refractivity contribution in [3.63, 3.8) is 0 Å². The molecule has 2 aliphatic rings. The molecule has 0 bridgehead atoms. The van der Waals surface area contributed by atoms with Gasteiger partial charge in [0.2, 0.25) is 5.91 Å². The number of likely N-dealkylation sites (tertiary alicyclic amines) is 2. The van der Waals surface area contributed by atoms with E-state index in [1.165, 1.54) is 0 Å². The van der Waals surface area contributed by atoms with Crippen LogP contribution in [0.25, 0.3) is 0 Å². The number of aromatic nitrogens is 1. The Kier molecular flexibility index (Phi) is 5.29. The average molecular weight is 347 g/mol. The van der Waals surface area contributed by atoms with Gasteiger partial charge in [0.1, 0.15) is 0 Å². The van der Waals surface area contributed by atoms with Crippen LogP contribution in [0.2, 0.25) is 0 Å². The monoisotopic (exact) mass is 347 g/mol. The lowest BCUT2D eigenvalue weighted by molar-refractivity contribution is -0.146. The number of nitrogens with one attached hydrogen (secondary N) is 1. The van der Waals surface area contributed by atoms with Gasteiger partial charge in [-0.2, -0.15) is 0 Å². The molecule has 0 saturated carbocycles. The molecule has 0 radical (unpaired) electrons. The molecular formula is C19H29N3O3. The quantitative estimate of drug-likeness (QED) is 0.876. The van der Waals surface area contributed by atoms with Gasteiger partial charge in [-0.05, 0) is 39.7 Å². The third-order valence-corrected chi connectivity index (χ3v) is 5.82. The van der Waals surface area contributed by atoms with Crippen molar-refractivity contribution >= 4 is 5.91 Å². The van der Waals surface area contributed by atoms with Gasteiger partial charge in [0.25, 0.3) is 0 Å². The molecule has 0 aliphatic carbocycles. The highest BCUT2D eigenvalue weighted by Gasteiger charge is 2.48. The van der Waals surface area contributed by atoms with Gasteiger partial charge in [0.05, 0.1) is 12.0 Å². The number of piperidine rings is 1. The highest BCUT2D eigenvalue weighted by atomic mass is 16.5. The molecule has 0 unspecified atom stereocenters. The Morgan fingerprint density at radius 2 is 2.04 bits per heavy atom. The molecule has 3 heterocycles. The van der Waals surface area contributed by atoms with E-state index in [-0.39, 0.29) is 16.8 Å². The van der Waals surface area contributed by atoms with Crippen LogP contribution >= 0.6 is 0 Å². The van der Waals surface area contributed by atoms with Crippen molar-refractivity contribution in [1.29, 1.82) is 0 Å². The number of methoxy groups -OCH3 is 1. The molecule has 25 heavy (non-hydrogen) atoms. The van der Waals surface area contributed by atoms with Gasteiger partial charge in [-0.25, -0.2) is 0 Å². The highest BCUT2D eigenvalue weighted by molar-refractivity contribution is 5.84. The van der Waals surface area contributed by atoms with E-state index in [0.29, 0.717) is 19.7 Å². The Balaban J connectivity index is 1.69. The first-order valence-electron chi connectivity index (χ1n) is 9.15. The number of pyridine rings is 1. The number of rotatable bonds is 5. The van der Waals surface area contributed by atoms with E-state index in [9.17, 15) is 9.59 Å². The van der Waals surface area contributed by atoms with Crippen LogP contribution < -0.4 is 5.43 Å². The number of amides is 1. The molecule has 2 fully saturated rings. The van der Waals surface area contributed by atoms with Crippen molar-refractivity contribution in [2.24, 2.45) is 5.41 Å². The minimum Gasteiger partial charge on any atom is -0.383 e. The first-order chi connectivity index (χ1) is 12.0. The van der Waals surface area contributed by atoms with Gasteiger partial charge >= 0.3 is 0 Å². The summed E-state index contributed by atoms with van der Waals surface area (Å²) in [5, 5.41) is 0. The van der Waals surface area contributed by atoms with Gasteiger partial charge in [0.15, 0.2) is 5.43 Å². The molecular weight excluding hydrogens is 318 g/mol. The molecule has 1 aromatic rings. The van der Waals surface area contributed by atoms with E-state index in [1.807, 2.05) is 18.7 Å². The summed E-state index contributed by atoms with van der Waals surface area (Å²) in [6.45, 7) is 8.21. The predicted molar refractivity (Wildman–Crippen MR) is 96.6 cm³/mol. The Morgan fingerprint density at radius 3 is 2.80 bits per heavy atom. The van der Waals surface area contributed by atoms with Crippen LogP contribution in [0.1, 0.15) is 36.1 Å². The summed E-state index contributed by atoms with van der Waals surface area (Å²) in [7, 11) is 1.67. The highest BCUT2D eigenvalue weighted by Crippen LogP contribution is 2.40. The van der Waals surface area contributed by atoms with Crippen molar-refractivity contribution in [2.75, 3.05) is 39.9 Å². The molecule has 1 spiro atoms. The van der Waals surface area contributed by atoms with Crippen molar-refractivity contribution in [3.05, 3.63) is 33.2 Å². The fourth-order valence-electron chi connectivity index (χ4n) is 4.23. The number of hydrogen-bond donors (Lipinski definition) is 1. The molecule has 6 heteroatoms. The van der Waals surface area contributed by atoms with E-state index < -0.39 is 0 Å². The van der Waals surface area contributed by atoms with Crippen LogP contribution in [0.15, 0.2) is 11.0 Å². The van der Waals surface area contributed by atoms with Crippen LogP contribution in [0.3, 0.4) is 0 Å². The summed E-state index contributed by atoms with van der Waals surface area (Å²) in [5.74, 6) is 0.285. The van der Waals surface area contributed by atoms with Crippen LogP contribution in [-0.4, -0.2) is 60.6 Å². The SMILES string of the molecule is COCCN1CCC[C@]2(CCN(Cc3[nH]cc(C)c(=O)c3C)C2)C1=O. The topological polar surface area (TPSA) is 65.6 Å². The fourth-order valence-corrected chi connectivity index (χ4v) is 4.23. The minimum absolute atomic E-state index is 0.113. The summed E-state index contributed by atoms with van der Waals surface area (Å²) in [4.78, 5) is 32.7. The van der Waals surface area contributed by atoms with Crippen LogP contribution in [0, 0.1) is 19.3 Å². The lowest BCUT2D eigenvalue weighted by atomic mass is 9.78. The largest absolute Gasteiger partial charge is 0.383 e. The van der Waals surface area contributed by atoms with Crippen molar-refractivity contribution in [2.45, 2.75) is 39.7 Å². The van der Waals surface area contributed by atoms with E-state index in [2.05, 4.69) is 9.88 Å². The second kappa shape index (κ2) is 7.30. The third kappa shape index (κ3) is 3.51. The maximum absolute atomic E-state index is 13.0.